The first kappa shape index (κ1) is 15.5. The second-order valence-electron chi connectivity index (χ2n) is 5.55. The van der Waals surface area contributed by atoms with Gasteiger partial charge in [0.1, 0.15) is 12.4 Å². The quantitative estimate of drug-likeness (QED) is 0.761. The van der Waals surface area contributed by atoms with E-state index in [4.69, 9.17) is 16.3 Å². The fraction of sp³-hybridized carbons (Fsp3) is 0.176. The van der Waals surface area contributed by atoms with E-state index in [1.54, 1.807) is 42.5 Å². The predicted octanol–water partition coefficient (Wildman–Crippen LogP) is 3.01. The Hall–Kier alpha value is -2.02. The Morgan fingerprint density at radius 3 is 2.71 bits per heavy atom. The Balaban J connectivity index is 1.97. The van der Waals surface area contributed by atoms with E-state index in [2.05, 4.69) is 5.32 Å². The Morgan fingerprint density at radius 1 is 1.12 bits per heavy atom. The second kappa shape index (κ2) is 5.81. The molecule has 124 valence electrons. The lowest BCUT2D eigenvalue weighted by molar-refractivity contribution is 0.326. The zero-order valence-electron chi connectivity index (χ0n) is 12.7. The lowest BCUT2D eigenvalue weighted by atomic mass is 10.1. The van der Waals surface area contributed by atoms with Crippen molar-refractivity contribution >= 4 is 32.5 Å². The lowest BCUT2D eigenvalue weighted by Crippen LogP contribution is -2.16. The topological polar surface area (TPSA) is 60.3 Å². The summed E-state index contributed by atoms with van der Waals surface area (Å²) in [5.74, 6) is 0.740. The maximum absolute atomic E-state index is 13.0. The summed E-state index contributed by atoms with van der Waals surface area (Å²) >= 11 is 6.39. The third-order valence-electron chi connectivity index (χ3n) is 4.09. The Bertz CT molecular complexity index is 1010. The van der Waals surface area contributed by atoms with Gasteiger partial charge in [0.05, 0.1) is 15.4 Å². The van der Waals surface area contributed by atoms with Crippen molar-refractivity contribution in [3.05, 3.63) is 59.2 Å². The van der Waals surface area contributed by atoms with Crippen LogP contribution in [-0.4, -0.2) is 25.5 Å². The number of hydrogen-bond acceptors (Lipinski definition) is 4. The molecule has 0 saturated heterocycles. The molecule has 1 aromatic heterocycles. The van der Waals surface area contributed by atoms with Gasteiger partial charge in [-0.3, -0.25) is 0 Å². The first-order chi connectivity index (χ1) is 11.6. The number of halogens is 1. The van der Waals surface area contributed by atoms with Crippen LogP contribution in [0.15, 0.2) is 53.6 Å². The van der Waals surface area contributed by atoms with Gasteiger partial charge in [-0.15, -0.1) is 0 Å². The molecule has 0 radical (unpaired) electrons. The summed E-state index contributed by atoms with van der Waals surface area (Å²) in [6, 6.07) is 11.9. The average Bonchev–Trinajstić information content (AvgIpc) is 2.79. The first-order valence-corrected chi connectivity index (χ1v) is 9.37. The highest BCUT2D eigenvalue weighted by Gasteiger charge is 2.24. The number of nitrogens with one attached hydrogen (secondary N) is 1. The van der Waals surface area contributed by atoms with Gasteiger partial charge >= 0.3 is 0 Å². The maximum Gasteiger partial charge on any atom is 0.268 e. The van der Waals surface area contributed by atoms with Gasteiger partial charge in [0.25, 0.3) is 10.0 Å². The molecule has 0 fully saturated rings. The van der Waals surface area contributed by atoms with Crippen molar-refractivity contribution in [3.63, 3.8) is 0 Å². The molecule has 0 unspecified atom stereocenters. The zero-order valence-corrected chi connectivity index (χ0v) is 14.3. The molecular weight excluding hydrogens is 348 g/mol. The van der Waals surface area contributed by atoms with Crippen molar-refractivity contribution in [3.8, 4) is 5.75 Å². The molecule has 3 aromatic rings. The van der Waals surface area contributed by atoms with Crippen LogP contribution in [-0.2, 0) is 16.6 Å². The van der Waals surface area contributed by atoms with Crippen LogP contribution in [0.25, 0.3) is 10.9 Å². The van der Waals surface area contributed by atoms with Crippen molar-refractivity contribution < 1.29 is 13.2 Å². The van der Waals surface area contributed by atoms with Crippen molar-refractivity contribution in [2.75, 3.05) is 13.2 Å². The van der Waals surface area contributed by atoms with Gasteiger partial charge in [-0.25, -0.2) is 12.4 Å². The summed E-state index contributed by atoms with van der Waals surface area (Å²) in [6.07, 6.45) is 1.46. The SMILES string of the molecule is O=S(=O)(c1ccccc1)n1cc(Cl)c2c3c(ccc21)OCCNC3. The average molecular weight is 363 g/mol. The van der Waals surface area contributed by atoms with Gasteiger partial charge in [0, 0.05) is 30.2 Å². The fourth-order valence-corrected chi connectivity index (χ4v) is 4.72. The second-order valence-corrected chi connectivity index (χ2v) is 7.77. The van der Waals surface area contributed by atoms with Gasteiger partial charge in [-0.05, 0) is 24.3 Å². The minimum atomic E-state index is -3.71. The van der Waals surface area contributed by atoms with Crippen LogP contribution in [0.1, 0.15) is 5.56 Å². The number of ether oxygens (including phenoxy) is 1. The number of fused-ring (bicyclic) bond motifs is 3. The molecular formula is C17H15ClN2O3S. The molecule has 7 heteroatoms. The van der Waals surface area contributed by atoms with E-state index >= 15 is 0 Å². The Labute approximate surface area is 144 Å². The van der Waals surface area contributed by atoms with Crippen LogP contribution in [0.4, 0.5) is 0 Å². The monoisotopic (exact) mass is 362 g/mol. The molecule has 0 saturated carbocycles. The zero-order chi connectivity index (χ0) is 16.7. The third-order valence-corrected chi connectivity index (χ3v) is 6.07. The summed E-state index contributed by atoms with van der Waals surface area (Å²) in [7, 11) is -3.71. The van der Waals surface area contributed by atoms with Gasteiger partial charge in [0.15, 0.2) is 0 Å². The molecule has 0 amide bonds. The van der Waals surface area contributed by atoms with Gasteiger partial charge in [-0.2, -0.15) is 0 Å². The molecule has 0 atom stereocenters. The molecule has 24 heavy (non-hydrogen) atoms. The molecule has 0 spiro atoms. The molecule has 1 N–H and O–H groups in total. The van der Waals surface area contributed by atoms with Crippen molar-refractivity contribution in [2.45, 2.75) is 11.4 Å². The van der Waals surface area contributed by atoms with E-state index in [9.17, 15) is 8.42 Å². The molecule has 4 rings (SSSR count). The molecule has 0 aliphatic carbocycles. The lowest BCUT2D eigenvalue weighted by Gasteiger charge is -2.10. The van der Waals surface area contributed by atoms with Crippen LogP contribution >= 0.6 is 11.6 Å². The van der Waals surface area contributed by atoms with Crippen LogP contribution in [0, 0.1) is 0 Å². The first-order valence-electron chi connectivity index (χ1n) is 7.55. The Kier molecular flexibility index (Phi) is 3.75. The third kappa shape index (κ3) is 2.38. The highest BCUT2D eigenvalue weighted by Crippen LogP contribution is 2.36. The largest absolute Gasteiger partial charge is 0.492 e. The molecule has 2 aromatic carbocycles. The van der Waals surface area contributed by atoms with Crippen LogP contribution in [0.5, 0.6) is 5.75 Å². The molecule has 1 aliphatic rings. The number of rotatable bonds is 2. The van der Waals surface area contributed by atoms with Crippen LogP contribution in [0.3, 0.4) is 0 Å². The summed E-state index contributed by atoms with van der Waals surface area (Å²) in [6.45, 7) is 1.89. The van der Waals surface area contributed by atoms with Crippen LogP contribution < -0.4 is 10.1 Å². The predicted molar refractivity (Wildman–Crippen MR) is 93.2 cm³/mol. The van der Waals surface area contributed by atoms with E-state index in [0.717, 1.165) is 17.9 Å². The standard InChI is InChI=1S/C17H15ClN2O3S/c18-14-11-20(24(21,22)12-4-2-1-3-5-12)15-6-7-16-13(17(14)15)10-19-8-9-23-16/h1-7,11,19H,8-10H2. The summed E-state index contributed by atoms with van der Waals surface area (Å²) < 4.78 is 32.9. The molecule has 0 bridgehead atoms. The number of nitrogens with zero attached hydrogens (tertiary/aromatic N) is 1. The number of benzene rings is 2. The molecule has 5 nitrogen and oxygen atoms in total. The smallest absolute Gasteiger partial charge is 0.268 e. The maximum atomic E-state index is 13.0. The summed E-state index contributed by atoms with van der Waals surface area (Å²) in [5, 5.41) is 4.37. The fourth-order valence-electron chi connectivity index (χ4n) is 2.97. The normalized spacial score (nSPS) is 14.9. The number of hydrogen-bond donors (Lipinski definition) is 1. The van der Waals surface area contributed by atoms with E-state index in [1.807, 2.05) is 0 Å². The minimum absolute atomic E-state index is 0.225. The van der Waals surface area contributed by atoms with Gasteiger partial charge in [0.2, 0.25) is 0 Å². The van der Waals surface area contributed by atoms with E-state index < -0.39 is 10.0 Å². The van der Waals surface area contributed by atoms with Gasteiger partial charge < -0.3 is 10.1 Å². The van der Waals surface area contributed by atoms with E-state index in [1.165, 1.54) is 10.2 Å². The Morgan fingerprint density at radius 2 is 1.92 bits per heavy atom. The molecule has 1 aliphatic heterocycles. The van der Waals surface area contributed by atoms with Crippen molar-refractivity contribution in [1.82, 2.24) is 9.29 Å². The van der Waals surface area contributed by atoms with E-state index in [-0.39, 0.29) is 4.90 Å². The molecule has 2 heterocycles. The van der Waals surface area contributed by atoms with Crippen molar-refractivity contribution in [1.29, 1.82) is 0 Å². The van der Waals surface area contributed by atoms with E-state index in [0.29, 0.717) is 29.1 Å². The highest BCUT2D eigenvalue weighted by molar-refractivity contribution is 7.90. The summed E-state index contributed by atoms with van der Waals surface area (Å²) in [5.41, 5.74) is 1.44. The van der Waals surface area contributed by atoms with Gasteiger partial charge in [-0.1, -0.05) is 29.8 Å². The van der Waals surface area contributed by atoms with Crippen molar-refractivity contribution in [2.24, 2.45) is 0 Å². The number of aromatic nitrogens is 1. The van der Waals surface area contributed by atoms with Crippen LogP contribution in [0.2, 0.25) is 5.02 Å². The highest BCUT2D eigenvalue weighted by atomic mass is 35.5. The minimum Gasteiger partial charge on any atom is -0.492 e. The summed E-state index contributed by atoms with van der Waals surface area (Å²) in [4.78, 5) is 0.225.